The molecule has 15 heavy (non-hydrogen) atoms. The van der Waals surface area contributed by atoms with Crippen LogP contribution >= 0.6 is 0 Å². The van der Waals surface area contributed by atoms with Crippen LogP contribution in [0, 0.1) is 0 Å². The first-order valence-corrected chi connectivity index (χ1v) is 4.89. The van der Waals surface area contributed by atoms with Gasteiger partial charge in [-0.15, -0.1) is 0 Å². The molecular formula is C9H18N2O4. The molecule has 0 aromatic rings. The van der Waals surface area contributed by atoms with Crippen molar-refractivity contribution in [2.45, 2.75) is 25.9 Å². The van der Waals surface area contributed by atoms with Crippen molar-refractivity contribution < 1.29 is 19.4 Å². The van der Waals surface area contributed by atoms with Gasteiger partial charge in [-0.05, 0) is 6.92 Å². The van der Waals surface area contributed by atoms with Gasteiger partial charge in [0.15, 0.2) is 0 Å². The fourth-order valence-electron chi connectivity index (χ4n) is 0.965. The Balaban J connectivity index is 3.44. The molecule has 0 spiro atoms. The van der Waals surface area contributed by atoms with Gasteiger partial charge in [0.25, 0.3) is 0 Å². The van der Waals surface area contributed by atoms with Crippen molar-refractivity contribution >= 4 is 11.9 Å². The quantitative estimate of drug-likeness (QED) is 0.349. The van der Waals surface area contributed by atoms with Gasteiger partial charge >= 0.3 is 5.97 Å². The number of primary amides is 1. The first kappa shape index (κ1) is 13.9. The van der Waals surface area contributed by atoms with Gasteiger partial charge in [0.2, 0.25) is 5.91 Å². The van der Waals surface area contributed by atoms with Crippen molar-refractivity contribution in [1.29, 1.82) is 0 Å². The molecule has 0 aromatic carbocycles. The lowest BCUT2D eigenvalue weighted by Crippen LogP contribution is -2.31. The van der Waals surface area contributed by atoms with E-state index in [1.807, 2.05) is 0 Å². The summed E-state index contributed by atoms with van der Waals surface area (Å²) in [6.07, 6.45) is -0.624. The van der Waals surface area contributed by atoms with Crippen molar-refractivity contribution in [2.75, 3.05) is 19.7 Å². The monoisotopic (exact) mass is 218 g/mol. The second-order valence-electron chi connectivity index (χ2n) is 3.08. The van der Waals surface area contributed by atoms with E-state index in [1.165, 1.54) is 0 Å². The number of ether oxygens (including phenoxy) is 1. The number of aliphatic hydroxyl groups is 1. The summed E-state index contributed by atoms with van der Waals surface area (Å²) in [5.74, 6) is -0.830. The first-order chi connectivity index (χ1) is 7.06. The number of nitrogens with one attached hydrogen (secondary N) is 1. The zero-order chi connectivity index (χ0) is 11.7. The Morgan fingerprint density at radius 3 is 2.73 bits per heavy atom. The second kappa shape index (κ2) is 8.19. The van der Waals surface area contributed by atoms with E-state index in [-0.39, 0.29) is 19.4 Å². The van der Waals surface area contributed by atoms with Crippen LogP contribution in [0.3, 0.4) is 0 Å². The van der Waals surface area contributed by atoms with Crippen LogP contribution < -0.4 is 11.1 Å². The minimum absolute atomic E-state index is 0.0442. The lowest BCUT2D eigenvalue weighted by molar-refractivity contribution is -0.145. The second-order valence-corrected chi connectivity index (χ2v) is 3.08. The fourth-order valence-corrected chi connectivity index (χ4v) is 0.965. The summed E-state index contributed by atoms with van der Waals surface area (Å²) >= 11 is 0. The van der Waals surface area contributed by atoms with E-state index in [0.29, 0.717) is 13.2 Å². The van der Waals surface area contributed by atoms with Crippen molar-refractivity contribution in [2.24, 2.45) is 5.73 Å². The standard InChI is InChI=1S/C9H18N2O4/c1-2-15-9(14)5-7(12)6-11-4-3-8(10)13/h7,11-12H,2-6H2,1H3,(H2,10,13). The van der Waals surface area contributed by atoms with Gasteiger partial charge in [0, 0.05) is 19.5 Å². The van der Waals surface area contributed by atoms with E-state index in [4.69, 9.17) is 5.73 Å². The highest BCUT2D eigenvalue weighted by molar-refractivity contribution is 5.73. The predicted molar refractivity (Wildman–Crippen MR) is 53.9 cm³/mol. The molecule has 0 saturated carbocycles. The number of amides is 1. The van der Waals surface area contributed by atoms with E-state index < -0.39 is 18.0 Å². The number of rotatable bonds is 8. The minimum Gasteiger partial charge on any atom is -0.466 e. The van der Waals surface area contributed by atoms with Gasteiger partial charge in [0.1, 0.15) is 0 Å². The fraction of sp³-hybridized carbons (Fsp3) is 0.778. The van der Waals surface area contributed by atoms with E-state index in [1.54, 1.807) is 6.92 Å². The maximum Gasteiger partial charge on any atom is 0.308 e. The highest BCUT2D eigenvalue weighted by Gasteiger charge is 2.10. The Morgan fingerprint density at radius 2 is 2.20 bits per heavy atom. The van der Waals surface area contributed by atoms with Gasteiger partial charge in [-0.25, -0.2) is 0 Å². The maximum atomic E-state index is 10.9. The van der Waals surface area contributed by atoms with Crippen LogP contribution in [-0.4, -0.2) is 42.8 Å². The Bertz CT molecular complexity index is 208. The molecule has 1 unspecified atom stereocenters. The molecule has 4 N–H and O–H groups in total. The zero-order valence-electron chi connectivity index (χ0n) is 8.86. The number of nitrogens with two attached hydrogens (primary N) is 1. The van der Waals surface area contributed by atoms with Gasteiger partial charge in [-0.2, -0.15) is 0 Å². The molecule has 0 aliphatic carbocycles. The first-order valence-electron chi connectivity index (χ1n) is 4.89. The third-order valence-corrected chi connectivity index (χ3v) is 1.64. The smallest absolute Gasteiger partial charge is 0.308 e. The van der Waals surface area contributed by atoms with Crippen LogP contribution in [0.2, 0.25) is 0 Å². The number of carbonyl (C=O) groups is 2. The van der Waals surface area contributed by atoms with Crippen molar-refractivity contribution in [1.82, 2.24) is 5.32 Å². The Morgan fingerprint density at radius 1 is 1.53 bits per heavy atom. The van der Waals surface area contributed by atoms with E-state index >= 15 is 0 Å². The van der Waals surface area contributed by atoms with Crippen LogP contribution in [0.25, 0.3) is 0 Å². The Labute approximate surface area is 88.8 Å². The van der Waals surface area contributed by atoms with Gasteiger partial charge in [0.05, 0.1) is 19.1 Å². The summed E-state index contributed by atoms with van der Waals surface area (Å²) in [5.41, 5.74) is 4.91. The Hall–Kier alpha value is -1.14. The number of hydrogen-bond donors (Lipinski definition) is 3. The van der Waals surface area contributed by atoms with Crippen molar-refractivity contribution in [3.05, 3.63) is 0 Å². The number of aliphatic hydroxyl groups excluding tert-OH is 1. The summed E-state index contributed by atoms with van der Waals surface area (Å²) in [6, 6.07) is 0. The summed E-state index contributed by atoms with van der Waals surface area (Å²) in [7, 11) is 0. The number of hydrogen-bond acceptors (Lipinski definition) is 5. The Kier molecular flexibility index (Phi) is 7.57. The van der Waals surface area contributed by atoms with E-state index in [0.717, 1.165) is 0 Å². The third-order valence-electron chi connectivity index (χ3n) is 1.64. The van der Waals surface area contributed by atoms with Gasteiger partial charge < -0.3 is 20.9 Å². The highest BCUT2D eigenvalue weighted by Crippen LogP contribution is 1.93. The summed E-state index contributed by atoms with van der Waals surface area (Å²) in [6.45, 7) is 2.65. The molecule has 1 atom stereocenters. The lowest BCUT2D eigenvalue weighted by Gasteiger charge is -2.10. The average Bonchev–Trinajstić information content (AvgIpc) is 2.12. The number of carbonyl (C=O) groups excluding carboxylic acids is 2. The molecule has 6 nitrogen and oxygen atoms in total. The molecule has 0 aliphatic heterocycles. The summed E-state index contributed by atoms with van der Waals surface area (Å²) in [4.78, 5) is 21.3. The predicted octanol–water partition coefficient (Wildman–Crippen LogP) is -1.23. The number of esters is 1. The van der Waals surface area contributed by atoms with E-state index in [2.05, 4.69) is 10.1 Å². The SMILES string of the molecule is CCOC(=O)CC(O)CNCCC(N)=O. The molecule has 0 saturated heterocycles. The molecular weight excluding hydrogens is 200 g/mol. The molecule has 0 bridgehead atoms. The molecule has 0 rings (SSSR count). The molecule has 0 aliphatic rings. The van der Waals surface area contributed by atoms with Crippen LogP contribution in [0.4, 0.5) is 0 Å². The van der Waals surface area contributed by atoms with Crippen LogP contribution in [0.15, 0.2) is 0 Å². The molecule has 6 heteroatoms. The molecule has 0 aromatic heterocycles. The molecule has 0 fully saturated rings. The molecule has 0 radical (unpaired) electrons. The topological polar surface area (TPSA) is 102 Å². The van der Waals surface area contributed by atoms with Crippen molar-refractivity contribution in [3.63, 3.8) is 0 Å². The van der Waals surface area contributed by atoms with Crippen molar-refractivity contribution in [3.8, 4) is 0 Å². The van der Waals surface area contributed by atoms with Crippen LogP contribution in [-0.2, 0) is 14.3 Å². The van der Waals surface area contributed by atoms with Crippen LogP contribution in [0.5, 0.6) is 0 Å². The minimum atomic E-state index is -0.795. The highest BCUT2D eigenvalue weighted by atomic mass is 16.5. The molecule has 0 heterocycles. The maximum absolute atomic E-state index is 10.9. The lowest BCUT2D eigenvalue weighted by atomic mass is 10.2. The third kappa shape index (κ3) is 9.17. The summed E-state index contributed by atoms with van der Waals surface area (Å²) < 4.78 is 4.66. The average molecular weight is 218 g/mol. The van der Waals surface area contributed by atoms with Crippen LogP contribution in [0.1, 0.15) is 19.8 Å². The molecule has 88 valence electrons. The molecule has 1 amide bonds. The van der Waals surface area contributed by atoms with Gasteiger partial charge in [-0.1, -0.05) is 0 Å². The summed E-state index contributed by atoms with van der Waals surface area (Å²) in [5, 5.41) is 12.1. The van der Waals surface area contributed by atoms with E-state index in [9.17, 15) is 14.7 Å². The van der Waals surface area contributed by atoms with Gasteiger partial charge in [-0.3, -0.25) is 9.59 Å². The largest absolute Gasteiger partial charge is 0.466 e. The zero-order valence-corrected chi connectivity index (χ0v) is 8.86. The normalized spacial score (nSPS) is 12.1.